The summed E-state index contributed by atoms with van der Waals surface area (Å²) in [6.45, 7) is 3.72. The van der Waals surface area contributed by atoms with Gasteiger partial charge < -0.3 is 10.5 Å². The van der Waals surface area contributed by atoms with Gasteiger partial charge >= 0.3 is 0 Å². The van der Waals surface area contributed by atoms with Crippen molar-refractivity contribution in [2.45, 2.75) is 13.8 Å². The molecular weight excluding hydrogens is 262 g/mol. The molecule has 1 aromatic heterocycles. The van der Waals surface area contributed by atoms with Gasteiger partial charge in [0.25, 0.3) is 0 Å². The Balaban J connectivity index is 2.51. The third-order valence-electron chi connectivity index (χ3n) is 2.62. The summed E-state index contributed by atoms with van der Waals surface area (Å²) in [5.41, 5.74) is 7.72. The number of nitrogens with one attached hydrogen (secondary N) is 1. The summed E-state index contributed by atoms with van der Waals surface area (Å²) in [6, 6.07) is 8.96. The Morgan fingerprint density at radius 1 is 1.32 bits per heavy atom. The van der Waals surface area contributed by atoms with Crippen LogP contribution in [0.15, 0.2) is 30.3 Å². The van der Waals surface area contributed by atoms with E-state index in [0.29, 0.717) is 22.2 Å². The minimum atomic E-state index is -0.0768. The molecule has 0 amide bonds. The Kier molecular flexibility index (Phi) is 3.71. The van der Waals surface area contributed by atoms with E-state index in [1.54, 1.807) is 12.1 Å². The number of nitrogens with zero attached hydrogens (tertiary/aromatic N) is 1. The van der Waals surface area contributed by atoms with Gasteiger partial charge in [0.15, 0.2) is 0 Å². The maximum absolute atomic E-state index is 7.63. The molecular formula is C14H14ClN3O. The normalized spacial score (nSPS) is 10.3. The second kappa shape index (κ2) is 5.28. The van der Waals surface area contributed by atoms with Crippen molar-refractivity contribution in [3.63, 3.8) is 0 Å². The molecule has 1 aromatic carbocycles. The number of amidine groups is 1. The summed E-state index contributed by atoms with van der Waals surface area (Å²) in [5.74, 6) is 0.717. The van der Waals surface area contributed by atoms with Gasteiger partial charge in [-0.15, -0.1) is 0 Å². The summed E-state index contributed by atoms with van der Waals surface area (Å²) in [4.78, 5) is 4.29. The first-order valence-corrected chi connectivity index (χ1v) is 6.12. The van der Waals surface area contributed by atoms with Crippen LogP contribution in [0.25, 0.3) is 0 Å². The van der Waals surface area contributed by atoms with Crippen molar-refractivity contribution in [2.24, 2.45) is 5.73 Å². The van der Waals surface area contributed by atoms with E-state index in [2.05, 4.69) is 4.98 Å². The molecule has 4 nitrogen and oxygen atoms in total. The number of hydrogen-bond acceptors (Lipinski definition) is 3. The third-order valence-corrected chi connectivity index (χ3v) is 2.94. The third kappa shape index (κ3) is 2.85. The Bertz CT molecular complexity index is 641. The van der Waals surface area contributed by atoms with E-state index in [0.717, 1.165) is 11.3 Å². The van der Waals surface area contributed by atoms with Crippen LogP contribution < -0.4 is 10.5 Å². The SMILES string of the molecule is Cc1cc(C)c(C(=N)N)c(Oc2ccccc2Cl)n1. The molecule has 0 aliphatic carbocycles. The molecule has 3 N–H and O–H groups in total. The van der Waals surface area contributed by atoms with Gasteiger partial charge in [-0.25, -0.2) is 4.98 Å². The van der Waals surface area contributed by atoms with Gasteiger partial charge in [-0.3, -0.25) is 5.41 Å². The van der Waals surface area contributed by atoms with E-state index in [4.69, 9.17) is 27.5 Å². The number of hydrogen-bond donors (Lipinski definition) is 2. The number of aromatic nitrogens is 1. The fourth-order valence-corrected chi connectivity index (χ4v) is 2.01. The topological polar surface area (TPSA) is 72.0 Å². The van der Waals surface area contributed by atoms with Crippen LogP contribution in [0.2, 0.25) is 5.02 Å². The number of benzene rings is 1. The molecule has 0 aliphatic rings. The highest BCUT2D eigenvalue weighted by Gasteiger charge is 2.14. The molecule has 0 unspecified atom stereocenters. The Labute approximate surface area is 116 Å². The van der Waals surface area contributed by atoms with E-state index in [1.165, 1.54) is 0 Å². The first kappa shape index (κ1) is 13.4. The first-order chi connectivity index (χ1) is 8.99. The predicted octanol–water partition coefficient (Wildman–Crippen LogP) is 3.43. The molecule has 5 heteroatoms. The Hall–Kier alpha value is -2.07. The molecule has 0 saturated carbocycles. The zero-order chi connectivity index (χ0) is 14.0. The lowest BCUT2D eigenvalue weighted by Crippen LogP contribution is -2.15. The number of aryl methyl sites for hydroxylation is 2. The average Bonchev–Trinajstić information content (AvgIpc) is 2.30. The minimum Gasteiger partial charge on any atom is -0.437 e. The maximum Gasteiger partial charge on any atom is 0.230 e. The Morgan fingerprint density at radius 2 is 2.00 bits per heavy atom. The van der Waals surface area contributed by atoms with E-state index < -0.39 is 0 Å². The van der Waals surface area contributed by atoms with Gasteiger partial charge in [0.2, 0.25) is 5.88 Å². The smallest absolute Gasteiger partial charge is 0.230 e. The van der Waals surface area contributed by atoms with E-state index in [9.17, 15) is 0 Å². The molecule has 0 atom stereocenters. The van der Waals surface area contributed by atoms with E-state index >= 15 is 0 Å². The summed E-state index contributed by atoms with van der Waals surface area (Å²) < 4.78 is 5.70. The molecule has 0 bridgehead atoms. The number of ether oxygens (including phenoxy) is 1. The second-order valence-corrected chi connectivity index (χ2v) is 4.61. The van der Waals surface area contributed by atoms with Crippen LogP contribution in [-0.4, -0.2) is 10.8 Å². The van der Waals surface area contributed by atoms with Crippen molar-refractivity contribution >= 4 is 17.4 Å². The van der Waals surface area contributed by atoms with Crippen molar-refractivity contribution in [2.75, 3.05) is 0 Å². The van der Waals surface area contributed by atoms with Gasteiger partial charge in [-0.2, -0.15) is 0 Å². The minimum absolute atomic E-state index is 0.0768. The van der Waals surface area contributed by atoms with Gasteiger partial charge in [0.05, 0.1) is 10.6 Å². The van der Waals surface area contributed by atoms with Gasteiger partial charge in [-0.1, -0.05) is 23.7 Å². The zero-order valence-electron chi connectivity index (χ0n) is 10.7. The summed E-state index contributed by atoms with van der Waals surface area (Å²) >= 11 is 6.05. The molecule has 19 heavy (non-hydrogen) atoms. The fraction of sp³-hybridized carbons (Fsp3) is 0.143. The monoisotopic (exact) mass is 275 g/mol. The molecule has 98 valence electrons. The molecule has 0 radical (unpaired) electrons. The summed E-state index contributed by atoms with van der Waals surface area (Å²) in [7, 11) is 0. The van der Waals surface area contributed by atoms with Crippen LogP contribution in [0.1, 0.15) is 16.8 Å². The van der Waals surface area contributed by atoms with Crippen molar-refractivity contribution in [1.82, 2.24) is 4.98 Å². The Morgan fingerprint density at radius 3 is 2.63 bits per heavy atom. The maximum atomic E-state index is 7.63. The number of nitrogens with two attached hydrogens (primary N) is 1. The number of nitrogen functional groups attached to an aromatic ring is 1. The molecule has 2 aromatic rings. The van der Waals surface area contributed by atoms with Crippen molar-refractivity contribution in [3.8, 4) is 11.6 Å². The van der Waals surface area contributed by atoms with Crippen molar-refractivity contribution in [1.29, 1.82) is 5.41 Å². The molecule has 0 aliphatic heterocycles. The molecule has 2 rings (SSSR count). The van der Waals surface area contributed by atoms with E-state index in [-0.39, 0.29) is 5.84 Å². The number of halogens is 1. The van der Waals surface area contributed by atoms with Gasteiger partial charge in [0, 0.05) is 5.69 Å². The lowest BCUT2D eigenvalue weighted by molar-refractivity contribution is 0.460. The number of pyridine rings is 1. The number of rotatable bonds is 3. The van der Waals surface area contributed by atoms with Gasteiger partial charge in [0.1, 0.15) is 11.6 Å². The number of para-hydroxylation sites is 1. The largest absolute Gasteiger partial charge is 0.437 e. The second-order valence-electron chi connectivity index (χ2n) is 4.21. The van der Waals surface area contributed by atoms with Crippen LogP contribution in [-0.2, 0) is 0 Å². The quantitative estimate of drug-likeness (QED) is 0.666. The predicted molar refractivity (Wildman–Crippen MR) is 76.3 cm³/mol. The molecule has 1 heterocycles. The highest BCUT2D eigenvalue weighted by atomic mass is 35.5. The van der Waals surface area contributed by atoms with Crippen molar-refractivity contribution < 1.29 is 4.74 Å². The van der Waals surface area contributed by atoms with Crippen LogP contribution in [0.4, 0.5) is 0 Å². The fourth-order valence-electron chi connectivity index (χ4n) is 1.84. The molecule has 0 saturated heterocycles. The van der Waals surface area contributed by atoms with Crippen LogP contribution in [0.3, 0.4) is 0 Å². The van der Waals surface area contributed by atoms with Crippen LogP contribution in [0, 0.1) is 19.3 Å². The van der Waals surface area contributed by atoms with Gasteiger partial charge in [-0.05, 0) is 37.6 Å². The zero-order valence-corrected chi connectivity index (χ0v) is 11.5. The van der Waals surface area contributed by atoms with Crippen LogP contribution in [0.5, 0.6) is 11.6 Å². The highest BCUT2D eigenvalue weighted by Crippen LogP contribution is 2.30. The summed E-state index contributed by atoms with van der Waals surface area (Å²) in [6.07, 6.45) is 0. The average molecular weight is 276 g/mol. The van der Waals surface area contributed by atoms with Crippen molar-refractivity contribution in [3.05, 3.63) is 52.2 Å². The summed E-state index contributed by atoms with van der Waals surface area (Å²) in [5, 5.41) is 8.12. The highest BCUT2D eigenvalue weighted by molar-refractivity contribution is 6.32. The molecule has 0 spiro atoms. The standard InChI is InChI=1S/C14H14ClN3O/c1-8-7-9(2)18-14(12(8)13(16)17)19-11-6-4-3-5-10(11)15/h3-7H,1-2H3,(H3,16,17). The van der Waals surface area contributed by atoms with E-state index in [1.807, 2.05) is 32.0 Å². The lowest BCUT2D eigenvalue weighted by Gasteiger charge is -2.13. The van der Waals surface area contributed by atoms with Crippen LogP contribution >= 0.6 is 11.6 Å². The molecule has 0 fully saturated rings. The lowest BCUT2D eigenvalue weighted by atomic mass is 10.1. The first-order valence-electron chi connectivity index (χ1n) is 5.74.